The predicted molar refractivity (Wildman–Crippen MR) is 87.4 cm³/mol. The number of nitro benzene ring substituents is 1. The Morgan fingerprint density at radius 3 is 2.88 bits per heavy atom. The fraction of sp³-hybridized carbons (Fsp3) is 0.0769. The molecule has 0 radical (unpaired) electrons. The largest absolute Gasteiger partial charge is 0.416 e. The molecule has 0 aliphatic carbocycles. The number of halogens is 4. The van der Waals surface area contributed by atoms with Crippen LogP contribution in [0, 0.1) is 10.1 Å². The van der Waals surface area contributed by atoms with Gasteiger partial charge >= 0.3 is 6.18 Å². The Kier molecular flexibility index (Phi) is 4.35. The van der Waals surface area contributed by atoms with E-state index in [1.54, 1.807) is 16.0 Å². The van der Waals surface area contributed by atoms with Crippen LogP contribution in [0.1, 0.15) is 11.3 Å². The van der Waals surface area contributed by atoms with Gasteiger partial charge in [0.15, 0.2) is 10.1 Å². The minimum Gasteiger partial charge on any atom is -0.288 e. The number of benzene rings is 1. The highest BCUT2D eigenvalue weighted by molar-refractivity contribution is 7.15. The maximum Gasteiger partial charge on any atom is 0.416 e. The van der Waals surface area contributed by atoms with Gasteiger partial charge in [-0.25, -0.2) is 4.98 Å². The van der Waals surface area contributed by atoms with Crippen LogP contribution in [-0.4, -0.2) is 20.5 Å². The highest BCUT2D eigenvalue weighted by Crippen LogP contribution is 2.35. The molecule has 0 amide bonds. The number of hydrogen-bond donors (Lipinski definition) is 1. The van der Waals surface area contributed by atoms with Crippen LogP contribution in [0.15, 0.2) is 34.9 Å². The minimum absolute atomic E-state index is 0.180. The average molecular weight is 390 g/mol. The second-order valence-corrected chi connectivity index (χ2v) is 5.93. The highest BCUT2D eigenvalue weighted by atomic mass is 35.5. The van der Waals surface area contributed by atoms with Crippen molar-refractivity contribution in [1.82, 2.24) is 9.38 Å². The van der Waals surface area contributed by atoms with Crippen LogP contribution in [-0.2, 0) is 6.18 Å². The fourth-order valence-corrected chi connectivity index (χ4v) is 3.00. The Bertz CT molecular complexity index is 982. The Labute approximate surface area is 146 Å². The van der Waals surface area contributed by atoms with E-state index in [1.807, 2.05) is 0 Å². The number of alkyl halides is 3. The summed E-state index contributed by atoms with van der Waals surface area (Å²) < 4.78 is 39.7. The molecule has 1 aromatic carbocycles. The van der Waals surface area contributed by atoms with Crippen LogP contribution in [0.2, 0.25) is 5.15 Å². The number of thiazole rings is 1. The van der Waals surface area contributed by atoms with Gasteiger partial charge in [-0.3, -0.25) is 19.9 Å². The van der Waals surface area contributed by atoms with Crippen molar-refractivity contribution in [2.75, 3.05) is 5.43 Å². The van der Waals surface area contributed by atoms with Crippen molar-refractivity contribution in [2.24, 2.45) is 5.10 Å². The van der Waals surface area contributed by atoms with Crippen molar-refractivity contribution in [3.8, 4) is 0 Å². The fourth-order valence-electron chi connectivity index (χ4n) is 2.01. The number of nitro groups is 1. The van der Waals surface area contributed by atoms with Crippen LogP contribution in [0.3, 0.4) is 0 Å². The van der Waals surface area contributed by atoms with Crippen molar-refractivity contribution in [3.05, 3.63) is 56.3 Å². The smallest absolute Gasteiger partial charge is 0.288 e. The van der Waals surface area contributed by atoms with Gasteiger partial charge in [0.2, 0.25) is 0 Å². The molecule has 0 saturated carbocycles. The van der Waals surface area contributed by atoms with Crippen molar-refractivity contribution < 1.29 is 18.1 Å². The van der Waals surface area contributed by atoms with Crippen LogP contribution < -0.4 is 5.43 Å². The monoisotopic (exact) mass is 389 g/mol. The van der Waals surface area contributed by atoms with E-state index in [1.165, 1.54) is 17.6 Å². The van der Waals surface area contributed by atoms with Crippen molar-refractivity contribution >= 4 is 45.5 Å². The molecule has 0 unspecified atom stereocenters. The molecular weight excluding hydrogens is 383 g/mol. The lowest BCUT2D eigenvalue weighted by Gasteiger charge is -2.08. The lowest BCUT2D eigenvalue weighted by molar-refractivity contribution is -0.384. The van der Waals surface area contributed by atoms with Gasteiger partial charge in [0.05, 0.1) is 16.7 Å². The number of anilines is 1. The molecule has 0 atom stereocenters. The first-order chi connectivity index (χ1) is 11.8. The van der Waals surface area contributed by atoms with E-state index in [0.29, 0.717) is 16.7 Å². The normalized spacial score (nSPS) is 12.2. The third-order valence-corrected chi connectivity index (χ3v) is 4.18. The van der Waals surface area contributed by atoms with Gasteiger partial charge in [0.25, 0.3) is 5.69 Å². The molecule has 0 bridgehead atoms. The molecule has 2 heterocycles. The molecule has 12 heteroatoms. The Balaban J connectivity index is 1.89. The zero-order chi connectivity index (χ0) is 18.2. The predicted octanol–water partition coefficient (Wildman–Crippen LogP) is 4.42. The Morgan fingerprint density at radius 1 is 1.44 bits per heavy atom. The van der Waals surface area contributed by atoms with Gasteiger partial charge < -0.3 is 0 Å². The van der Waals surface area contributed by atoms with E-state index in [4.69, 9.17) is 11.6 Å². The van der Waals surface area contributed by atoms with E-state index in [2.05, 4.69) is 15.5 Å². The third kappa shape index (κ3) is 3.42. The molecule has 0 fully saturated rings. The van der Waals surface area contributed by atoms with Gasteiger partial charge in [-0.15, -0.1) is 11.3 Å². The Hall–Kier alpha value is -2.66. The van der Waals surface area contributed by atoms with Gasteiger partial charge in [0, 0.05) is 17.6 Å². The summed E-state index contributed by atoms with van der Waals surface area (Å²) in [6.45, 7) is 0. The van der Waals surface area contributed by atoms with Crippen LogP contribution in [0.5, 0.6) is 0 Å². The highest BCUT2D eigenvalue weighted by Gasteiger charge is 2.33. The molecule has 7 nitrogen and oxygen atoms in total. The van der Waals surface area contributed by atoms with Gasteiger partial charge in [-0.05, 0) is 12.1 Å². The SMILES string of the molecule is O=[N+]([O-])c1cc(C(F)(F)F)ccc1N/N=C/c1c(Cl)nc2sccn12. The van der Waals surface area contributed by atoms with Crippen LogP contribution >= 0.6 is 22.9 Å². The number of imidazole rings is 1. The van der Waals surface area contributed by atoms with Crippen LogP contribution in [0.25, 0.3) is 4.96 Å². The summed E-state index contributed by atoms with van der Waals surface area (Å²) in [7, 11) is 0. The quantitative estimate of drug-likeness (QED) is 0.406. The first-order valence-corrected chi connectivity index (χ1v) is 7.79. The molecule has 130 valence electrons. The lowest BCUT2D eigenvalue weighted by atomic mass is 10.1. The van der Waals surface area contributed by atoms with E-state index in [0.717, 1.165) is 12.1 Å². The summed E-state index contributed by atoms with van der Waals surface area (Å²) in [6, 6.07) is 2.12. The molecule has 3 aromatic rings. The zero-order valence-corrected chi connectivity index (χ0v) is 13.6. The molecule has 2 aromatic heterocycles. The Morgan fingerprint density at radius 2 is 2.20 bits per heavy atom. The second kappa shape index (κ2) is 6.33. The molecule has 3 rings (SSSR count). The molecule has 0 aliphatic rings. The van der Waals surface area contributed by atoms with Crippen molar-refractivity contribution in [3.63, 3.8) is 0 Å². The summed E-state index contributed by atoms with van der Waals surface area (Å²) in [4.78, 5) is 14.8. The van der Waals surface area contributed by atoms with Crippen molar-refractivity contribution in [1.29, 1.82) is 0 Å². The molecule has 25 heavy (non-hydrogen) atoms. The van der Waals surface area contributed by atoms with Crippen LogP contribution in [0.4, 0.5) is 24.5 Å². The van der Waals surface area contributed by atoms with E-state index in [-0.39, 0.29) is 10.8 Å². The van der Waals surface area contributed by atoms with Crippen molar-refractivity contribution in [2.45, 2.75) is 6.18 Å². The van der Waals surface area contributed by atoms with E-state index in [9.17, 15) is 23.3 Å². The topological polar surface area (TPSA) is 84.8 Å². The number of hydrazone groups is 1. The maximum atomic E-state index is 12.7. The number of rotatable bonds is 4. The lowest BCUT2D eigenvalue weighted by Crippen LogP contribution is -2.06. The molecular formula is C13H7ClF3N5O2S. The van der Waals surface area contributed by atoms with E-state index >= 15 is 0 Å². The summed E-state index contributed by atoms with van der Waals surface area (Å²) in [5.41, 5.74) is 0.745. The number of fused-ring (bicyclic) bond motifs is 1. The molecule has 0 aliphatic heterocycles. The number of nitrogens with one attached hydrogen (secondary N) is 1. The molecule has 0 spiro atoms. The third-order valence-electron chi connectivity index (χ3n) is 3.15. The maximum absolute atomic E-state index is 12.7. The van der Waals surface area contributed by atoms with Gasteiger partial charge in [0.1, 0.15) is 11.4 Å². The number of aromatic nitrogens is 2. The second-order valence-electron chi connectivity index (χ2n) is 4.70. The zero-order valence-electron chi connectivity index (χ0n) is 12.0. The number of nitrogens with zero attached hydrogens (tertiary/aromatic N) is 4. The molecule has 1 N–H and O–H groups in total. The standard InChI is InChI=1S/C13H7ClF3N5O2S/c14-11-10(21-3-4-25-12(21)19-11)6-18-20-8-2-1-7(13(15,16)17)5-9(8)22(23)24/h1-6,20H/b18-6+. The summed E-state index contributed by atoms with van der Waals surface area (Å²) in [6.07, 6.45) is -1.69. The minimum atomic E-state index is -4.68. The number of hydrogen-bond acceptors (Lipinski definition) is 6. The summed E-state index contributed by atoms with van der Waals surface area (Å²) in [5, 5.41) is 16.8. The first kappa shape index (κ1) is 17.2. The van der Waals surface area contributed by atoms with Gasteiger partial charge in [-0.1, -0.05) is 11.6 Å². The first-order valence-electron chi connectivity index (χ1n) is 6.53. The average Bonchev–Trinajstić information content (AvgIpc) is 3.08. The van der Waals surface area contributed by atoms with E-state index < -0.39 is 22.4 Å². The molecule has 0 saturated heterocycles. The summed E-state index contributed by atoms with van der Waals surface area (Å²) >= 11 is 7.32. The summed E-state index contributed by atoms with van der Waals surface area (Å²) in [5.74, 6) is 0. The van der Waals surface area contributed by atoms with Gasteiger partial charge in [-0.2, -0.15) is 18.3 Å².